The highest BCUT2D eigenvalue weighted by atomic mass is 32.2. The number of hydrogen-bond acceptors (Lipinski definition) is 3. The van der Waals surface area contributed by atoms with E-state index >= 15 is 0 Å². The van der Waals surface area contributed by atoms with Gasteiger partial charge in [-0.2, -0.15) is 0 Å². The maximum atomic E-state index is 4.32. The van der Waals surface area contributed by atoms with Gasteiger partial charge in [-0.3, -0.25) is 4.98 Å². The van der Waals surface area contributed by atoms with Crippen molar-refractivity contribution in [3.05, 3.63) is 30.5 Å². The van der Waals surface area contributed by atoms with Crippen LogP contribution in [0.2, 0.25) is 0 Å². The predicted octanol–water partition coefficient (Wildman–Crippen LogP) is 2.71. The molecule has 0 fully saturated rings. The maximum absolute atomic E-state index is 4.32. The Labute approximate surface area is 80.4 Å². The molecule has 0 aliphatic carbocycles. The Hall–Kier alpha value is -1.22. The number of benzene rings is 1. The summed E-state index contributed by atoms with van der Waals surface area (Å²) < 4.78 is 0. The minimum Gasteiger partial charge on any atom is -0.375 e. The van der Waals surface area contributed by atoms with Gasteiger partial charge in [-0.15, -0.1) is 11.8 Å². The first-order valence-electron chi connectivity index (χ1n) is 4.19. The number of pyridine rings is 1. The monoisotopic (exact) mass is 188 g/mol. The average Bonchev–Trinajstić information content (AvgIpc) is 2.61. The number of thioether (sulfide) groups is 1. The van der Waals surface area contributed by atoms with Crippen LogP contribution in [0.5, 0.6) is 0 Å². The van der Waals surface area contributed by atoms with Gasteiger partial charge in [-0.25, -0.2) is 0 Å². The van der Waals surface area contributed by atoms with Gasteiger partial charge in [0, 0.05) is 22.2 Å². The molecule has 1 N–H and O–H groups in total. The third-order valence-electron chi connectivity index (χ3n) is 2.19. The fourth-order valence-corrected chi connectivity index (χ4v) is 2.42. The van der Waals surface area contributed by atoms with E-state index in [-0.39, 0.29) is 0 Å². The first kappa shape index (κ1) is 7.21. The van der Waals surface area contributed by atoms with Crippen LogP contribution in [0.15, 0.2) is 35.4 Å². The molecule has 2 heterocycles. The van der Waals surface area contributed by atoms with E-state index in [9.17, 15) is 0 Å². The van der Waals surface area contributed by atoms with Crippen LogP contribution in [0.1, 0.15) is 0 Å². The molecule has 0 unspecified atom stereocenters. The molecule has 1 aliphatic heterocycles. The van der Waals surface area contributed by atoms with E-state index in [1.165, 1.54) is 16.0 Å². The zero-order valence-corrected chi connectivity index (χ0v) is 7.77. The molecular formula is C10H8N2S. The molecule has 0 saturated heterocycles. The first-order valence-corrected chi connectivity index (χ1v) is 5.17. The lowest BCUT2D eigenvalue weighted by molar-refractivity contribution is 1.37. The number of fused-ring (bicyclic) bond motifs is 2. The van der Waals surface area contributed by atoms with Gasteiger partial charge in [-0.1, -0.05) is 6.07 Å². The number of anilines is 1. The van der Waals surface area contributed by atoms with E-state index in [1.807, 2.05) is 24.0 Å². The van der Waals surface area contributed by atoms with Gasteiger partial charge < -0.3 is 5.32 Å². The summed E-state index contributed by atoms with van der Waals surface area (Å²) in [6, 6.07) is 8.37. The fraction of sp³-hybridized carbons (Fsp3) is 0.100. The number of aromatic nitrogens is 1. The van der Waals surface area contributed by atoms with Gasteiger partial charge in [0.15, 0.2) is 0 Å². The fourth-order valence-electron chi connectivity index (χ4n) is 1.55. The summed E-state index contributed by atoms with van der Waals surface area (Å²) in [4.78, 5) is 5.63. The lowest BCUT2D eigenvalue weighted by Crippen LogP contribution is -1.88. The predicted molar refractivity (Wildman–Crippen MR) is 56.1 cm³/mol. The molecule has 1 aromatic carbocycles. The molecule has 0 spiro atoms. The summed E-state index contributed by atoms with van der Waals surface area (Å²) >= 11 is 1.83. The Kier molecular flexibility index (Phi) is 1.46. The van der Waals surface area contributed by atoms with E-state index in [1.54, 1.807) is 0 Å². The molecule has 1 aromatic heterocycles. The molecule has 0 bridgehead atoms. The van der Waals surface area contributed by atoms with Crippen molar-refractivity contribution in [2.24, 2.45) is 0 Å². The van der Waals surface area contributed by atoms with E-state index < -0.39 is 0 Å². The van der Waals surface area contributed by atoms with E-state index in [0.717, 1.165) is 11.4 Å². The first-order chi connectivity index (χ1) is 6.43. The van der Waals surface area contributed by atoms with Gasteiger partial charge >= 0.3 is 0 Å². The van der Waals surface area contributed by atoms with Crippen LogP contribution in [0, 0.1) is 0 Å². The van der Waals surface area contributed by atoms with Crippen molar-refractivity contribution in [1.29, 1.82) is 0 Å². The van der Waals surface area contributed by atoms with Crippen molar-refractivity contribution >= 4 is 28.4 Å². The van der Waals surface area contributed by atoms with Gasteiger partial charge in [0.05, 0.1) is 11.4 Å². The number of nitrogens with zero attached hydrogens (tertiary/aromatic N) is 1. The molecule has 2 nitrogen and oxygen atoms in total. The van der Waals surface area contributed by atoms with Gasteiger partial charge in [0.25, 0.3) is 0 Å². The minimum atomic E-state index is 0.978. The van der Waals surface area contributed by atoms with Crippen molar-refractivity contribution in [2.75, 3.05) is 11.2 Å². The minimum absolute atomic E-state index is 0.978. The van der Waals surface area contributed by atoms with Crippen LogP contribution < -0.4 is 5.32 Å². The Balaban J connectivity index is 2.36. The van der Waals surface area contributed by atoms with E-state index in [0.29, 0.717) is 0 Å². The lowest BCUT2D eigenvalue weighted by atomic mass is 10.2. The van der Waals surface area contributed by atoms with Crippen LogP contribution in [0.25, 0.3) is 10.9 Å². The number of nitrogens with one attached hydrogen (secondary N) is 1. The van der Waals surface area contributed by atoms with Crippen molar-refractivity contribution < 1.29 is 0 Å². The molecule has 3 heteroatoms. The van der Waals surface area contributed by atoms with Crippen LogP contribution in [0.3, 0.4) is 0 Å². The van der Waals surface area contributed by atoms with Crippen LogP contribution in [-0.2, 0) is 0 Å². The molecule has 13 heavy (non-hydrogen) atoms. The SMILES string of the molecule is c1cnc2cc3c(cc2c1)NCS3. The van der Waals surface area contributed by atoms with Gasteiger partial charge in [0.2, 0.25) is 0 Å². The lowest BCUT2D eigenvalue weighted by Gasteiger charge is -2.00. The molecule has 0 amide bonds. The van der Waals surface area contributed by atoms with E-state index in [2.05, 4.69) is 28.5 Å². The Bertz CT molecular complexity index is 425. The summed E-state index contributed by atoms with van der Waals surface area (Å²) in [5.41, 5.74) is 2.32. The number of rotatable bonds is 0. The summed E-state index contributed by atoms with van der Waals surface area (Å²) in [5.74, 6) is 0.978. The summed E-state index contributed by atoms with van der Waals surface area (Å²) in [7, 11) is 0. The zero-order chi connectivity index (χ0) is 8.67. The molecule has 2 aromatic rings. The smallest absolute Gasteiger partial charge is 0.0714 e. The molecule has 1 aliphatic rings. The second-order valence-corrected chi connectivity index (χ2v) is 4.03. The highest BCUT2D eigenvalue weighted by Crippen LogP contribution is 2.35. The topological polar surface area (TPSA) is 24.9 Å². The van der Waals surface area contributed by atoms with Gasteiger partial charge in [0.1, 0.15) is 0 Å². The molecule has 0 saturated carbocycles. The highest BCUT2D eigenvalue weighted by molar-refractivity contribution is 7.99. The normalized spacial score (nSPS) is 14.2. The molecule has 64 valence electrons. The Morgan fingerprint density at radius 2 is 2.38 bits per heavy atom. The standard InChI is InChI=1S/C10H8N2S/c1-2-7-4-9-10(13-6-12-9)5-8(7)11-3-1/h1-5,12H,6H2. The summed E-state index contributed by atoms with van der Waals surface area (Å²) in [6.07, 6.45) is 1.84. The number of hydrogen-bond donors (Lipinski definition) is 1. The maximum Gasteiger partial charge on any atom is 0.0714 e. The third kappa shape index (κ3) is 1.08. The quantitative estimate of drug-likeness (QED) is 0.688. The Morgan fingerprint density at radius 1 is 1.38 bits per heavy atom. The summed E-state index contributed by atoms with van der Waals surface area (Å²) in [6.45, 7) is 0. The summed E-state index contributed by atoms with van der Waals surface area (Å²) in [5, 5.41) is 4.53. The van der Waals surface area contributed by atoms with Crippen molar-refractivity contribution in [3.8, 4) is 0 Å². The van der Waals surface area contributed by atoms with Crippen LogP contribution in [-0.4, -0.2) is 10.9 Å². The van der Waals surface area contributed by atoms with E-state index in [4.69, 9.17) is 0 Å². The second kappa shape index (κ2) is 2.64. The van der Waals surface area contributed by atoms with Crippen LogP contribution >= 0.6 is 11.8 Å². The van der Waals surface area contributed by atoms with Crippen molar-refractivity contribution in [1.82, 2.24) is 4.98 Å². The molecule has 0 radical (unpaired) electrons. The van der Waals surface area contributed by atoms with Gasteiger partial charge in [-0.05, 0) is 18.2 Å². The average molecular weight is 188 g/mol. The highest BCUT2D eigenvalue weighted by Gasteiger charge is 2.11. The van der Waals surface area contributed by atoms with Crippen molar-refractivity contribution in [2.45, 2.75) is 4.90 Å². The molecule has 0 atom stereocenters. The van der Waals surface area contributed by atoms with Crippen molar-refractivity contribution in [3.63, 3.8) is 0 Å². The molecule has 3 rings (SSSR count). The van der Waals surface area contributed by atoms with Crippen LogP contribution in [0.4, 0.5) is 5.69 Å². The Morgan fingerprint density at radius 3 is 3.38 bits per heavy atom. The second-order valence-electron chi connectivity index (χ2n) is 3.01. The molecular weight excluding hydrogens is 180 g/mol. The zero-order valence-electron chi connectivity index (χ0n) is 6.95. The largest absolute Gasteiger partial charge is 0.375 e. The third-order valence-corrected chi connectivity index (χ3v) is 3.13.